The molecule has 0 aromatic heterocycles. The van der Waals surface area contributed by atoms with E-state index < -0.39 is 255 Å². The van der Waals surface area contributed by atoms with Crippen LogP contribution in [0.4, 0.5) is 0 Å². The zero-order valence-corrected chi connectivity index (χ0v) is 79.8. The number of azide groups is 1. The quantitative estimate of drug-likeness (QED) is 0.00853. The summed E-state index contributed by atoms with van der Waals surface area (Å²) in [5.74, 6) is -11.4. The van der Waals surface area contributed by atoms with E-state index in [0.29, 0.717) is 0 Å². The zero-order valence-electron chi connectivity index (χ0n) is 79.8. The third-order valence-corrected chi connectivity index (χ3v) is 23.4. The van der Waals surface area contributed by atoms with E-state index in [2.05, 4.69) is 10.0 Å². The van der Waals surface area contributed by atoms with Gasteiger partial charge in [-0.25, -0.2) is 57.5 Å². The Kier molecular flexibility index (Phi) is 38.9. The predicted molar refractivity (Wildman–Crippen MR) is 524 cm³/mol. The van der Waals surface area contributed by atoms with E-state index in [1.54, 1.807) is 218 Å². The smallest absolute Gasteiger partial charge is 0.338 e. The minimum absolute atomic E-state index is 0.00516. The van der Waals surface area contributed by atoms with Crippen LogP contribution in [0.15, 0.2) is 369 Å². The molecule has 36 nitrogen and oxygen atoms in total. The number of esters is 12. The number of carbonyl (C=O) groups excluding carboxylic acids is 12. The lowest BCUT2D eigenvalue weighted by molar-refractivity contribution is -0.301. The summed E-state index contributed by atoms with van der Waals surface area (Å²) in [6.07, 6.45) is -26.7. The van der Waals surface area contributed by atoms with E-state index in [1.165, 1.54) is 146 Å². The van der Waals surface area contributed by atoms with Crippen molar-refractivity contribution in [1.29, 1.82) is 0 Å². The zero-order chi connectivity index (χ0) is 104. The average Bonchev–Trinajstić information content (AvgIpc) is 0.780. The monoisotopic (exact) mass is 2030 g/mol. The molecule has 149 heavy (non-hydrogen) atoms. The summed E-state index contributed by atoms with van der Waals surface area (Å²) in [5.41, 5.74) is 9.17. The van der Waals surface area contributed by atoms with E-state index in [1.807, 2.05) is 0 Å². The van der Waals surface area contributed by atoms with Crippen molar-refractivity contribution in [3.05, 3.63) is 441 Å². The van der Waals surface area contributed by atoms with Gasteiger partial charge in [0.05, 0.1) is 126 Å². The third kappa shape index (κ3) is 30.0. The van der Waals surface area contributed by atoms with Gasteiger partial charge in [-0.3, -0.25) is 0 Å². The van der Waals surface area contributed by atoms with Gasteiger partial charge in [0.2, 0.25) is 0 Å². The highest BCUT2D eigenvalue weighted by Crippen LogP contribution is 2.38. The van der Waals surface area contributed by atoms with Crippen LogP contribution in [0.1, 0.15) is 124 Å². The molecule has 3 saturated heterocycles. The van der Waals surface area contributed by atoms with Crippen LogP contribution < -0.4 is 0 Å². The summed E-state index contributed by atoms with van der Waals surface area (Å²) >= 11 is 0. The fourth-order valence-corrected chi connectivity index (χ4v) is 16.0. The highest BCUT2D eigenvalue weighted by Gasteiger charge is 2.58. The van der Waals surface area contributed by atoms with Crippen LogP contribution in [-0.4, -0.2) is 250 Å². The largest absolute Gasteiger partial charge is 0.459 e. The minimum atomic E-state index is -1.86. The van der Waals surface area contributed by atoms with Crippen LogP contribution in [-0.2, 0) is 99.5 Å². The fourth-order valence-electron chi connectivity index (χ4n) is 16.0. The SMILES string of the molecule is [N-]=[N+]=NCC(COCCO[C@H]1O[C@H](COC(=O)c2ccccc2)[C@@H](OC(=O)c2ccccc2)[C@H](OC(=O)c2ccccc2)[C@@H]1OC(=O)c1ccccc1)(COCCO[C@H]1O[C@H](COC(=O)c2ccccc2)[C@@H](OC(=O)c2ccccc2)[C@H](OC(=O)c2ccccc2)[C@@H]1OC(=O)c1ccccc1)COCCO[C@H]1O[C@H](COC(=O)c2ccccc2)[C@@H](OC(=O)c2ccccc2)[C@H](OC(=O)c2ccccc2)[C@@H]1OC(=O)c1ccccc1. The van der Waals surface area contributed by atoms with Crippen molar-refractivity contribution in [3.8, 4) is 0 Å². The molecule has 0 N–H and O–H groups in total. The molecule has 0 amide bonds. The van der Waals surface area contributed by atoms with Gasteiger partial charge in [-0.2, -0.15) is 0 Å². The van der Waals surface area contributed by atoms with E-state index >= 15 is 0 Å². The molecule has 3 heterocycles. The molecular formula is C113H101N3O33. The molecule has 3 fully saturated rings. The average molecular weight is 2030 g/mol. The molecule has 0 saturated carbocycles. The van der Waals surface area contributed by atoms with Crippen molar-refractivity contribution in [2.24, 2.45) is 10.5 Å². The summed E-state index contributed by atoms with van der Waals surface area (Å²) in [5, 5.41) is 4.02. The van der Waals surface area contributed by atoms with Crippen LogP contribution in [0.3, 0.4) is 0 Å². The van der Waals surface area contributed by atoms with Gasteiger partial charge in [-0.15, -0.1) is 0 Å². The normalized spacial score (nSPS) is 20.2. The first-order valence-electron chi connectivity index (χ1n) is 47.4. The fraction of sp³-hybridized carbons (Fsp3) is 0.257. The second-order valence-electron chi connectivity index (χ2n) is 33.8. The Labute approximate surface area is 853 Å². The van der Waals surface area contributed by atoms with Crippen molar-refractivity contribution in [2.75, 3.05) is 85.8 Å². The van der Waals surface area contributed by atoms with Crippen LogP contribution in [0.5, 0.6) is 0 Å². The molecule has 0 radical (unpaired) electrons. The first-order valence-corrected chi connectivity index (χ1v) is 47.4. The Hall–Kier alpha value is -16.8. The van der Waals surface area contributed by atoms with Crippen molar-refractivity contribution in [2.45, 2.75) is 92.1 Å². The number of benzene rings is 12. The van der Waals surface area contributed by atoms with Crippen LogP contribution in [0.2, 0.25) is 0 Å². The Bertz CT molecular complexity index is 5840. The third-order valence-electron chi connectivity index (χ3n) is 23.4. The van der Waals surface area contributed by atoms with Crippen molar-refractivity contribution in [1.82, 2.24) is 0 Å². The molecule has 36 heteroatoms. The van der Waals surface area contributed by atoms with Gasteiger partial charge in [-0.1, -0.05) is 224 Å². The Morgan fingerprint density at radius 2 is 0.383 bits per heavy atom. The van der Waals surface area contributed by atoms with Gasteiger partial charge in [-0.05, 0) is 151 Å². The standard InChI is InChI=1S/C113H101N3O33/c114-116-115-70-113(71-129-61-64-132-110-95(147-107(126)83-55-31-10-32-56-83)92(144-104(123)80-49-25-7-26-50-80)89(141-101(120)77-43-19-4-20-44-77)86(138-110)67-135-98(117)74-37-13-1-14-38-74,72-130-62-65-133-111-96(148-108(127)84-57-33-11-34-58-84)93(145-105(124)81-51-27-8-28-52-81)90(142-102(121)78-45-21-5-22-46-78)87(139-111)68-136-99(118)75-39-15-2-16-40-75)73-131-63-66-134-112-97(149-109(128)85-59-35-12-36-60-85)94(146-106(125)82-53-29-9-30-54-82)91(143-103(122)79-47-23-6-24-48-79)88(140-112)69-137-100(119)76-41-17-3-18-42-76/h1-60,86-97,110-112H,61-73H2/t86-,87-,88-,89-,90-,91-,92+,93+,94+,95+,96+,97+,110+,111+,112+/m1/s1. The van der Waals surface area contributed by atoms with E-state index in [4.69, 9.17) is 99.5 Å². The number of ether oxygens (including phenoxy) is 21. The Morgan fingerprint density at radius 3 is 0.557 bits per heavy atom. The molecule has 15 rings (SSSR count). The molecule has 12 aromatic carbocycles. The summed E-state index contributed by atoms with van der Waals surface area (Å²) in [7, 11) is 0. The van der Waals surface area contributed by atoms with Crippen LogP contribution in [0.25, 0.3) is 10.4 Å². The summed E-state index contributed by atoms with van der Waals surface area (Å²) < 4.78 is 133. The maximum atomic E-state index is 14.6. The lowest BCUT2D eigenvalue weighted by Crippen LogP contribution is -2.63. The van der Waals surface area contributed by atoms with Gasteiger partial charge in [0.25, 0.3) is 0 Å². The summed E-state index contributed by atoms with van der Waals surface area (Å²) in [6.45, 7) is -7.26. The maximum Gasteiger partial charge on any atom is 0.338 e. The van der Waals surface area contributed by atoms with Gasteiger partial charge in [0.1, 0.15) is 38.1 Å². The minimum Gasteiger partial charge on any atom is -0.459 e. The first kappa shape index (κ1) is 106. The lowest BCUT2D eigenvalue weighted by atomic mass is 9.91. The second kappa shape index (κ2) is 54.4. The number of carbonyl (C=O) groups is 12. The molecule has 0 spiro atoms. The van der Waals surface area contributed by atoms with E-state index in [0.717, 1.165) is 0 Å². The van der Waals surface area contributed by atoms with Gasteiger partial charge >= 0.3 is 71.6 Å². The first-order chi connectivity index (χ1) is 72.8. The number of nitrogens with zero attached hydrogens (tertiary/aromatic N) is 3. The number of hydrogen-bond acceptors (Lipinski definition) is 34. The highest BCUT2D eigenvalue weighted by atomic mass is 16.8. The Morgan fingerprint density at radius 1 is 0.221 bits per heavy atom. The lowest BCUT2D eigenvalue weighted by Gasteiger charge is -2.44. The highest BCUT2D eigenvalue weighted by molar-refractivity contribution is 5.96. The van der Waals surface area contributed by atoms with E-state index in [9.17, 15) is 63.1 Å². The maximum absolute atomic E-state index is 14.6. The molecule has 12 aromatic rings. The van der Waals surface area contributed by atoms with Crippen molar-refractivity contribution >= 4 is 71.6 Å². The molecule has 766 valence electrons. The van der Waals surface area contributed by atoms with Gasteiger partial charge < -0.3 is 99.5 Å². The summed E-state index contributed by atoms with van der Waals surface area (Å²) in [6, 6.07) is 93.0. The molecule has 3 aliphatic rings. The summed E-state index contributed by atoms with van der Waals surface area (Å²) in [4.78, 5) is 176. The molecule has 15 atom stereocenters. The van der Waals surface area contributed by atoms with Crippen molar-refractivity contribution in [3.63, 3.8) is 0 Å². The van der Waals surface area contributed by atoms with Crippen LogP contribution >= 0.6 is 0 Å². The Balaban J connectivity index is 0.751. The van der Waals surface area contributed by atoms with Crippen LogP contribution in [0, 0.1) is 5.41 Å². The predicted octanol–water partition coefficient (Wildman–Crippen LogP) is 15.2. The second-order valence-corrected chi connectivity index (χ2v) is 33.8. The topological polar surface area (TPSA) is 447 Å². The molecule has 3 aliphatic heterocycles. The van der Waals surface area contributed by atoms with Crippen molar-refractivity contribution < 1.29 is 157 Å². The number of rotatable bonds is 47. The van der Waals surface area contributed by atoms with E-state index in [-0.39, 0.29) is 66.8 Å². The molecule has 0 aliphatic carbocycles. The molecule has 0 unspecified atom stereocenters. The number of hydrogen-bond donors (Lipinski definition) is 0. The molecular weight excluding hydrogens is 1930 g/mol. The van der Waals surface area contributed by atoms with Gasteiger partial charge in [0.15, 0.2) is 73.8 Å². The molecule has 0 bridgehead atoms. The van der Waals surface area contributed by atoms with Gasteiger partial charge in [0, 0.05) is 16.9 Å².